The molecule has 0 aliphatic carbocycles. The molecule has 9 heteroatoms. The Labute approximate surface area is 126 Å². The van der Waals surface area contributed by atoms with Gasteiger partial charge >= 0.3 is 11.4 Å². The van der Waals surface area contributed by atoms with Crippen LogP contribution >= 0.6 is 0 Å². The van der Waals surface area contributed by atoms with Crippen molar-refractivity contribution < 1.29 is 14.6 Å². The molecule has 0 saturated carbocycles. The van der Waals surface area contributed by atoms with Gasteiger partial charge in [0.15, 0.2) is 0 Å². The molecule has 22 heavy (non-hydrogen) atoms. The van der Waals surface area contributed by atoms with Crippen LogP contribution in [0.25, 0.3) is 0 Å². The predicted octanol–water partition coefficient (Wildman–Crippen LogP) is 1.33. The van der Waals surface area contributed by atoms with Gasteiger partial charge < -0.3 is 10.2 Å². The van der Waals surface area contributed by atoms with E-state index in [0.717, 1.165) is 12.1 Å². The molecule has 9 nitrogen and oxygen atoms in total. The van der Waals surface area contributed by atoms with Crippen LogP contribution in [0.15, 0.2) is 18.2 Å². The number of carbonyl (C=O) groups is 1. The first-order valence-corrected chi connectivity index (χ1v) is 6.77. The zero-order valence-electron chi connectivity index (χ0n) is 12.2. The SMILES string of the molecule is CC1CN(C(=O)c2ccc([N+](=O)[O-])c([N+](=O)[O-])c2)CC(C)N1. The van der Waals surface area contributed by atoms with Gasteiger partial charge in [-0.05, 0) is 19.9 Å². The standard InChI is InChI=1S/C13H16N4O5/c1-8-6-15(7-9(2)14-8)13(18)10-3-4-11(16(19)20)12(5-10)17(21)22/h3-5,8-9,14H,6-7H2,1-2H3. The van der Waals surface area contributed by atoms with Crippen molar-refractivity contribution in [3.63, 3.8) is 0 Å². The number of hydrogen-bond acceptors (Lipinski definition) is 6. The number of nitro benzene ring substituents is 2. The van der Waals surface area contributed by atoms with Crippen molar-refractivity contribution in [2.75, 3.05) is 13.1 Å². The van der Waals surface area contributed by atoms with Crippen molar-refractivity contribution in [2.45, 2.75) is 25.9 Å². The molecule has 1 aliphatic heterocycles. The van der Waals surface area contributed by atoms with Crippen LogP contribution in [0.3, 0.4) is 0 Å². The summed E-state index contributed by atoms with van der Waals surface area (Å²) in [5, 5.41) is 25.0. The molecule has 1 amide bonds. The molecule has 2 unspecified atom stereocenters. The molecular weight excluding hydrogens is 292 g/mol. The number of amides is 1. The Kier molecular flexibility index (Phi) is 4.36. The van der Waals surface area contributed by atoms with Crippen LogP contribution in [0.2, 0.25) is 0 Å². The molecule has 1 saturated heterocycles. The zero-order chi connectivity index (χ0) is 16.4. The minimum Gasteiger partial charge on any atom is -0.336 e. The summed E-state index contributed by atoms with van der Waals surface area (Å²) in [6, 6.07) is 3.45. The fourth-order valence-electron chi connectivity index (χ4n) is 2.63. The third-order valence-electron chi connectivity index (χ3n) is 3.46. The summed E-state index contributed by atoms with van der Waals surface area (Å²) >= 11 is 0. The number of rotatable bonds is 3. The monoisotopic (exact) mass is 308 g/mol. The third-order valence-corrected chi connectivity index (χ3v) is 3.46. The maximum Gasteiger partial charge on any atom is 0.346 e. The van der Waals surface area contributed by atoms with Crippen molar-refractivity contribution in [3.8, 4) is 0 Å². The van der Waals surface area contributed by atoms with Gasteiger partial charge in [0.1, 0.15) is 0 Å². The molecule has 0 aromatic heterocycles. The Hall–Kier alpha value is -2.55. The molecule has 1 aromatic rings. The lowest BCUT2D eigenvalue weighted by atomic mass is 10.1. The number of benzene rings is 1. The van der Waals surface area contributed by atoms with E-state index in [1.165, 1.54) is 6.07 Å². The number of nitrogens with zero attached hydrogens (tertiary/aromatic N) is 3. The fourth-order valence-corrected chi connectivity index (χ4v) is 2.63. The van der Waals surface area contributed by atoms with E-state index in [1.807, 2.05) is 13.8 Å². The van der Waals surface area contributed by atoms with Crippen molar-refractivity contribution in [3.05, 3.63) is 44.0 Å². The van der Waals surface area contributed by atoms with Gasteiger partial charge in [-0.15, -0.1) is 0 Å². The average Bonchev–Trinajstić information content (AvgIpc) is 2.44. The van der Waals surface area contributed by atoms with Crippen LogP contribution in [0.1, 0.15) is 24.2 Å². The normalized spacial score (nSPS) is 21.5. The smallest absolute Gasteiger partial charge is 0.336 e. The number of carbonyl (C=O) groups excluding carboxylic acids is 1. The van der Waals surface area contributed by atoms with E-state index in [4.69, 9.17) is 0 Å². The lowest BCUT2D eigenvalue weighted by Gasteiger charge is -2.36. The maximum absolute atomic E-state index is 12.5. The summed E-state index contributed by atoms with van der Waals surface area (Å²) in [5.41, 5.74) is -1.21. The second kappa shape index (κ2) is 6.06. The highest BCUT2D eigenvalue weighted by Gasteiger charge is 2.29. The molecule has 118 valence electrons. The molecule has 1 aromatic carbocycles. The first kappa shape index (κ1) is 15.8. The predicted molar refractivity (Wildman–Crippen MR) is 77.7 cm³/mol. The van der Waals surface area contributed by atoms with Crippen LogP contribution < -0.4 is 5.32 Å². The van der Waals surface area contributed by atoms with Gasteiger partial charge in [-0.1, -0.05) is 0 Å². The second-order valence-corrected chi connectivity index (χ2v) is 5.40. The maximum atomic E-state index is 12.5. The molecule has 1 fully saturated rings. The molecule has 0 spiro atoms. The van der Waals surface area contributed by atoms with Gasteiger partial charge in [0, 0.05) is 42.9 Å². The largest absolute Gasteiger partial charge is 0.346 e. The third kappa shape index (κ3) is 3.19. The van der Waals surface area contributed by atoms with E-state index < -0.39 is 21.2 Å². The van der Waals surface area contributed by atoms with Gasteiger partial charge in [-0.3, -0.25) is 25.0 Å². The Balaban J connectivity index is 2.32. The van der Waals surface area contributed by atoms with Gasteiger partial charge in [0.2, 0.25) is 0 Å². The Morgan fingerprint density at radius 2 is 1.68 bits per heavy atom. The van der Waals surface area contributed by atoms with Crippen LogP contribution in [0, 0.1) is 20.2 Å². The Morgan fingerprint density at radius 3 is 2.18 bits per heavy atom. The van der Waals surface area contributed by atoms with E-state index in [0.29, 0.717) is 13.1 Å². The highest BCUT2D eigenvalue weighted by atomic mass is 16.6. The van der Waals surface area contributed by atoms with Crippen LogP contribution in [-0.2, 0) is 0 Å². The van der Waals surface area contributed by atoms with Crippen molar-refractivity contribution in [1.29, 1.82) is 0 Å². The molecular formula is C13H16N4O5. The number of nitrogens with one attached hydrogen (secondary N) is 1. The van der Waals surface area contributed by atoms with Gasteiger partial charge in [0.05, 0.1) is 9.85 Å². The highest BCUT2D eigenvalue weighted by Crippen LogP contribution is 2.28. The minimum absolute atomic E-state index is 0.0820. The summed E-state index contributed by atoms with van der Waals surface area (Å²) in [6.07, 6.45) is 0. The Bertz CT molecular complexity index is 623. The summed E-state index contributed by atoms with van der Waals surface area (Å²) in [6.45, 7) is 4.84. The molecule has 0 radical (unpaired) electrons. The van der Waals surface area contributed by atoms with Crippen LogP contribution in [0.4, 0.5) is 11.4 Å². The number of hydrogen-bond donors (Lipinski definition) is 1. The number of piperazine rings is 1. The molecule has 1 aliphatic rings. The molecule has 1 N–H and O–H groups in total. The zero-order valence-corrected chi connectivity index (χ0v) is 12.2. The van der Waals surface area contributed by atoms with Gasteiger partial charge in [-0.25, -0.2) is 0 Å². The lowest BCUT2D eigenvalue weighted by Crippen LogP contribution is -2.55. The van der Waals surface area contributed by atoms with Crippen molar-refractivity contribution in [1.82, 2.24) is 10.2 Å². The van der Waals surface area contributed by atoms with E-state index in [2.05, 4.69) is 5.32 Å². The van der Waals surface area contributed by atoms with Gasteiger partial charge in [-0.2, -0.15) is 0 Å². The first-order chi connectivity index (χ1) is 10.3. The second-order valence-electron chi connectivity index (χ2n) is 5.40. The lowest BCUT2D eigenvalue weighted by molar-refractivity contribution is -0.422. The van der Waals surface area contributed by atoms with E-state index in [-0.39, 0.29) is 23.6 Å². The summed E-state index contributed by atoms with van der Waals surface area (Å²) in [4.78, 5) is 34.1. The number of nitro groups is 2. The molecule has 2 atom stereocenters. The summed E-state index contributed by atoms with van der Waals surface area (Å²) in [7, 11) is 0. The average molecular weight is 308 g/mol. The van der Waals surface area contributed by atoms with Crippen LogP contribution in [0.5, 0.6) is 0 Å². The molecule has 2 rings (SSSR count). The topological polar surface area (TPSA) is 119 Å². The van der Waals surface area contributed by atoms with E-state index >= 15 is 0 Å². The van der Waals surface area contributed by atoms with Crippen LogP contribution in [-0.4, -0.2) is 45.8 Å². The first-order valence-electron chi connectivity index (χ1n) is 6.77. The minimum atomic E-state index is -0.849. The van der Waals surface area contributed by atoms with Gasteiger partial charge in [0.25, 0.3) is 5.91 Å². The summed E-state index contributed by atoms with van der Waals surface area (Å²) in [5.74, 6) is -0.363. The summed E-state index contributed by atoms with van der Waals surface area (Å²) < 4.78 is 0. The molecule has 0 bridgehead atoms. The quantitative estimate of drug-likeness (QED) is 0.664. The Morgan fingerprint density at radius 1 is 1.14 bits per heavy atom. The van der Waals surface area contributed by atoms with E-state index in [9.17, 15) is 25.0 Å². The van der Waals surface area contributed by atoms with Crippen molar-refractivity contribution >= 4 is 17.3 Å². The van der Waals surface area contributed by atoms with E-state index in [1.54, 1.807) is 4.90 Å². The van der Waals surface area contributed by atoms with Crippen molar-refractivity contribution in [2.24, 2.45) is 0 Å². The molecule has 1 heterocycles. The fraction of sp³-hybridized carbons (Fsp3) is 0.462. The highest BCUT2D eigenvalue weighted by molar-refractivity contribution is 5.95.